The minimum Gasteiger partial charge on any atom is -0.348 e. The summed E-state index contributed by atoms with van der Waals surface area (Å²) in [4.78, 5) is 36.0. The summed E-state index contributed by atoms with van der Waals surface area (Å²) in [6.45, 7) is -0.387. The van der Waals surface area contributed by atoms with E-state index in [1.54, 1.807) is 18.2 Å². The Morgan fingerprint density at radius 3 is 2.09 bits per heavy atom. The predicted octanol–water partition coefficient (Wildman–Crippen LogP) is 3.79. The van der Waals surface area contributed by atoms with Crippen LogP contribution in [-0.4, -0.2) is 24.4 Å². The first-order chi connectivity index (χ1) is 15.8. The van der Waals surface area contributed by atoms with Crippen LogP contribution in [0.5, 0.6) is 0 Å². The Morgan fingerprint density at radius 1 is 0.697 bits per heavy atom. The van der Waals surface area contributed by atoms with Gasteiger partial charge in [-0.25, -0.2) is 18.0 Å². The molecule has 0 spiro atoms. The lowest BCUT2D eigenvalue weighted by molar-refractivity contribution is -0.115. The number of hydrogen-bond donors (Lipinski definition) is 4. The number of rotatable bonds is 7. The van der Waals surface area contributed by atoms with E-state index < -0.39 is 41.8 Å². The van der Waals surface area contributed by atoms with Gasteiger partial charge in [-0.05, 0) is 42.5 Å². The summed E-state index contributed by atoms with van der Waals surface area (Å²) >= 11 is 0. The maximum Gasteiger partial charge on any atom is 0.319 e. The minimum absolute atomic E-state index is 0.0283. The Morgan fingerprint density at radius 2 is 1.39 bits per heavy atom. The van der Waals surface area contributed by atoms with Gasteiger partial charge in [0.15, 0.2) is 11.6 Å². The second-order valence-electron chi connectivity index (χ2n) is 6.84. The molecule has 0 radical (unpaired) electrons. The normalized spacial score (nSPS) is 10.3. The molecule has 3 rings (SSSR count). The fourth-order valence-electron chi connectivity index (χ4n) is 2.74. The zero-order chi connectivity index (χ0) is 23.8. The van der Waals surface area contributed by atoms with Crippen molar-refractivity contribution in [3.63, 3.8) is 0 Å². The Labute approximate surface area is 187 Å². The molecule has 0 unspecified atom stereocenters. The van der Waals surface area contributed by atoms with E-state index in [1.165, 1.54) is 36.4 Å². The van der Waals surface area contributed by atoms with E-state index in [9.17, 15) is 27.6 Å². The number of urea groups is 1. The average Bonchev–Trinajstić information content (AvgIpc) is 2.80. The third kappa shape index (κ3) is 6.82. The van der Waals surface area contributed by atoms with Crippen molar-refractivity contribution in [2.75, 3.05) is 17.2 Å². The van der Waals surface area contributed by atoms with Gasteiger partial charge in [0, 0.05) is 35.1 Å². The summed E-state index contributed by atoms with van der Waals surface area (Å²) in [7, 11) is 0. The highest BCUT2D eigenvalue weighted by molar-refractivity contribution is 5.98. The highest BCUT2D eigenvalue weighted by atomic mass is 19.2. The molecule has 4 N–H and O–H groups in total. The quantitative estimate of drug-likeness (QED) is 0.435. The Bertz CT molecular complexity index is 1170. The van der Waals surface area contributed by atoms with Crippen molar-refractivity contribution in [1.29, 1.82) is 0 Å². The lowest BCUT2D eigenvalue weighted by Gasteiger charge is -2.10. The fraction of sp³-hybridized carbons (Fsp3) is 0.0870. The van der Waals surface area contributed by atoms with E-state index in [-0.39, 0.29) is 12.2 Å². The number of hydrogen-bond acceptors (Lipinski definition) is 3. The van der Waals surface area contributed by atoms with Crippen molar-refractivity contribution in [1.82, 2.24) is 10.6 Å². The second kappa shape index (κ2) is 10.8. The van der Waals surface area contributed by atoms with Crippen LogP contribution in [0.4, 0.5) is 29.3 Å². The van der Waals surface area contributed by atoms with Crippen LogP contribution in [0.15, 0.2) is 66.7 Å². The second-order valence-corrected chi connectivity index (χ2v) is 6.84. The molecule has 0 saturated carbocycles. The van der Waals surface area contributed by atoms with E-state index in [0.29, 0.717) is 16.8 Å². The number of amides is 4. The summed E-state index contributed by atoms with van der Waals surface area (Å²) in [6, 6.07) is 14.2. The molecule has 3 aromatic rings. The molecule has 0 atom stereocenters. The largest absolute Gasteiger partial charge is 0.348 e. The maximum absolute atomic E-state index is 13.6. The molecule has 0 heterocycles. The zero-order valence-electron chi connectivity index (χ0n) is 17.1. The van der Waals surface area contributed by atoms with Gasteiger partial charge in [0.1, 0.15) is 5.82 Å². The van der Waals surface area contributed by atoms with Crippen molar-refractivity contribution >= 4 is 29.2 Å². The molecular formula is C23H19F3N4O3. The molecule has 170 valence electrons. The maximum atomic E-state index is 13.6. The molecule has 0 saturated heterocycles. The van der Waals surface area contributed by atoms with Crippen LogP contribution in [0, 0.1) is 17.5 Å². The Hall–Kier alpha value is -4.34. The van der Waals surface area contributed by atoms with E-state index in [0.717, 1.165) is 12.1 Å². The molecule has 33 heavy (non-hydrogen) atoms. The van der Waals surface area contributed by atoms with Crippen LogP contribution >= 0.6 is 0 Å². The molecule has 4 amide bonds. The number of carbonyl (C=O) groups is 3. The smallest absolute Gasteiger partial charge is 0.319 e. The van der Waals surface area contributed by atoms with Crippen LogP contribution in [0.2, 0.25) is 0 Å². The molecule has 3 aromatic carbocycles. The van der Waals surface area contributed by atoms with Gasteiger partial charge in [0.05, 0.1) is 6.54 Å². The molecule has 0 fully saturated rings. The van der Waals surface area contributed by atoms with Gasteiger partial charge in [-0.3, -0.25) is 9.59 Å². The van der Waals surface area contributed by atoms with E-state index in [1.807, 2.05) is 0 Å². The average molecular weight is 456 g/mol. The third-order valence-electron chi connectivity index (χ3n) is 4.42. The zero-order valence-corrected chi connectivity index (χ0v) is 17.1. The van der Waals surface area contributed by atoms with E-state index in [4.69, 9.17) is 0 Å². The van der Waals surface area contributed by atoms with Crippen LogP contribution in [0.3, 0.4) is 0 Å². The molecule has 0 aliphatic carbocycles. The van der Waals surface area contributed by atoms with Gasteiger partial charge in [-0.15, -0.1) is 0 Å². The summed E-state index contributed by atoms with van der Waals surface area (Å²) in [5.74, 6) is -3.62. The first-order valence-electron chi connectivity index (χ1n) is 9.73. The first kappa shape index (κ1) is 23.3. The minimum atomic E-state index is -1.11. The molecule has 0 bridgehead atoms. The van der Waals surface area contributed by atoms with Gasteiger partial charge in [0.25, 0.3) is 5.91 Å². The molecule has 7 nitrogen and oxygen atoms in total. The topological polar surface area (TPSA) is 99.3 Å². The number of halogens is 3. The highest BCUT2D eigenvalue weighted by Gasteiger charge is 2.10. The summed E-state index contributed by atoms with van der Waals surface area (Å²) < 4.78 is 39.7. The summed E-state index contributed by atoms with van der Waals surface area (Å²) in [6.07, 6.45) is 0. The van der Waals surface area contributed by atoms with Gasteiger partial charge in [-0.2, -0.15) is 0 Å². The van der Waals surface area contributed by atoms with Crippen molar-refractivity contribution < 1.29 is 27.6 Å². The van der Waals surface area contributed by atoms with E-state index >= 15 is 0 Å². The van der Waals surface area contributed by atoms with Crippen molar-refractivity contribution in [3.05, 3.63) is 95.3 Å². The number of benzene rings is 3. The van der Waals surface area contributed by atoms with E-state index in [2.05, 4.69) is 21.3 Å². The molecule has 0 aliphatic heterocycles. The molecule has 0 aromatic heterocycles. The Balaban J connectivity index is 1.44. The lowest BCUT2D eigenvalue weighted by Crippen LogP contribution is -2.35. The summed E-state index contributed by atoms with van der Waals surface area (Å²) in [5.41, 5.74) is 1.07. The highest BCUT2D eigenvalue weighted by Crippen LogP contribution is 2.13. The number of nitrogens with one attached hydrogen (secondary N) is 4. The van der Waals surface area contributed by atoms with Crippen molar-refractivity contribution in [2.45, 2.75) is 6.54 Å². The van der Waals surface area contributed by atoms with Gasteiger partial charge in [-0.1, -0.05) is 18.2 Å². The monoisotopic (exact) mass is 456 g/mol. The fourth-order valence-corrected chi connectivity index (χ4v) is 2.74. The van der Waals surface area contributed by atoms with Crippen LogP contribution < -0.4 is 21.3 Å². The van der Waals surface area contributed by atoms with Crippen LogP contribution in [-0.2, 0) is 11.3 Å². The van der Waals surface area contributed by atoms with Crippen molar-refractivity contribution in [3.8, 4) is 0 Å². The third-order valence-corrected chi connectivity index (χ3v) is 4.42. The van der Waals surface area contributed by atoms with Gasteiger partial charge in [0.2, 0.25) is 5.91 Å². The van der Waals surface area contributed by atoms with Crippen LogP contribution in [0.25, 0.3) is 0 Å². The number of anilines is 2. The standard InChI is InChI=1S/C23H19F3N4O3/c24-18-4-2-1-3-15(18)12-27-22(32)14-5-7-16(8-6-14)30-23(33)28-13-21(31)29-17-9-10-19(25)20(26)11-17/h1-11H,12-13H2,(H,27,32)(H,29,31)(H2,28,30,33). The lowest BCUT2D eigenvalue weighted by atomic mass is 10.1. The molecule has 0 aliphatic rings. The molecule has 10 heteroatoms. The van der Waals surface area contributed by atoms with Crippen molar-refractivity contribution in [2.24, 2.45) is 0 Å². The van der Waals surface area contributed by atoms with Gasteiger partial charge < -0.3 is 21.3 Å². The summed E-state index contributed by atoms with van der Waals surface area (Å²) in [5, 5.41) is 9.73. The molecular weight excluding hydrogens is 437 g/mol. The van der Waals surface area contributed by atoms with Crippen LogP contribution in [0.1, 0.15) is 15.9 Å². The first-order valence-corrected chi connectivity index (χ1v) is 9.73. The Kier molecular flexibility index (Phi) is 7.64. The predicted molar refractivity (Wildman–Crippen MR) is 116 cm³/mol. The SMILES string of the molecule is O=C(CNC(=O)Nc1ccc(C(=O)NCc2ccccc2F)cc1)Nc1ccc(F)c(F)c1. The van der Waals surface area contributed by atoms with Gasteiger partial charge >= 0.3 is 6.03 Å². The number of carbonyl (C=O) groups excluding carboxylic acids is 3.